The summed E-state index contributed by atoms with van der Waals surface area (Å²) in [7, 11) is 0. The molecule has 42 valence electrons. The molecule has 0 spiro atoms. The van der Waals surface area contributed by atoms with Crippen molar-refractivity contribution in [1.29, 1.82) is 0 Å². The fourth-order valence-electron chi connectivity index (χ4n) is 0.321. The summed E-state index contributed by atoms with van der Waals surface area (Å²) in [4.78, 5) is 0. The van der Waals surface area contributed by atoms with Gasteiger partial charge in [-0.15, -0.1) is 0 Å². The maximum atomic E-state index is 2.00. The molecule has 0 aliphatic carbocycles. The molecular weight excluding hydrogens is 140 g/mol. The zero-order valence-electron chi connectivity index (χ0n) is 4.20. The van der Waals surface area contributed by atoms with Crippen molar-refractivity contribution in [2.24, 2.45) is 0 Å². The van der Waals surface area contributed by atoms with Gasteiger partial charge in [0.25, 0.3) is 0 Å². The van der Waals surface area contributed by atoms with Crippen molar-refractivity contribution in [3.63, 3.8) is 0 Å². The average molecular weight is 145 g/mol. The van der Waals surface area contributed by atoms with Gasteiger partial charge in [0, 0.05) is 0 Å². The summed E-state index contributed by atoms with van der Waals surface area (Å²) < 4.78 is 0. The molecule has 0 amide bonds. The van der Waals surface area contributed by atoms with E-state index in [9.17, 15) is 0 Å². The normalized spacial score (nSPS) is 5.00. The monoisotopic (exact) mass is 145 g/mol. The van der Waals surface area contributed by atoms with E-state index in [0.29, 0.717) is 0 Å². The van der Waals surface area contributed by atoms with E-state index in [-0.39, 0.29) is 32.7 Å². The molecule has 0 bridgehead atoms. The molecule has 3 heteroatoms. The largest absolute Gasteiger partial charge is 4.00 e. The SMILES string of the molecule is [O-2].[O-2].[Ti+4].c1cc[cH-]c1. The minimum atomic E-state index is 0. The van der Waals surface area contributed by atoms with Crippen molar-refractivity contribution in [2.45, 2.75) is 0 Å². The molecule has 0 saturated heterocycles. The summed E-state index contributed by atoms with van der Waals surface area (Å²) >= 11 is 0. The predicted molar refractivity (Wildman–Crippen MR) is 23.4 cm³/mol. The van der Waals surface area contributed by atoms with Gasteiger partial charge in [0.15, 0.2) is 0 Å². The zero-order chi connectivity index (χ0) is 3.54. The molecule has 8 heavy (non-hydrogen) atoms. The smallest absolute Gasteiger partial charge is 2.00 e. The van der Waals surface area contributed by atoms with E-state index in [1.54, 1.807) is 0 Å². The van der Waals surface area contributed by atoms with Crippen molar-refractivity contribution < 1.29 is 32.7 Å². The van der Waals surface area contributed by atoms with Crippen LogP contribution in [0.25, 0.3) is 0 Å². The molecule has 1 rings (SSSR count). The van der Waals surface area contributed by atoms with Crippen LogP contribution in [0.5, 0.6) is 0 Å². The summed E-state index contributed by atoms with van der Waals surface area (Å²) in [6.07, 6.45) is 0. The van der Waals surface area contributed by atoms with Crippen LogP contribution in [0.4, 0.5) is 0 Å². The standard InChI is InChI=1S/C5H5.2O.Ti/c1-2-4-5-3-1;;;/h1-5H;;;/q-1;2*-2;+4. The van der Waals surface area contributed by atoms with E-state index in [4.69, 9.17) is 0 Å². The Labute approximate surface area is 63.4 Å². The van der Waals surface area contributed by atoms with Crippen molar-refractivity contribution in [2.75, 3.05) is 0 Å². The van der Waals surface area contributed by atoms with E-state index in [2.05, 4.69) is 0 Å². The molecule has 1 aromatic carbocycles. The van der Waals surface area contributed by atoms with Crippen molar-refractivity contribution in [3.8, 4) is 0 Å². The van der Waals surface area contributed by atoms with Gasteiger partial charge in [0.05, 0.1) is 0 Å². The Morgan fingerprint density at radius 3 is 1.38 bits per heavy atom. The molecule has 0 atom stereocenters. The second-order valence-corrected chi connectivity index (χ2v) is 0.962. The van der Waals surface area contributed by atoms with E-state index in [0.717, 1.165) is 0 Å². The molecule has 1 aromatic rings. The van der Waals surface area contributed by atoms with Crippen molar-refractivity contribution >= 4 is 0 Å². The second kappa shape index (κ2) is 10.1. The topological polar surface area (TPSA) is 57.0 Å². The maximum absolute atomic E-state index is 2.00. The van der Waals surface area contributed by atoms with Crippen LogP contribution in [-0.2, 0) is 32.7 Å². The average Bonchev–Trinajstić information content (AvgIpc) is 1.76. The summed E-state index contributed by atoms with van der Waals surface area (Å²) in [5.41, 5.74) is 0. The summed E-state index contributed by atoms with van der Waals surface area (Å²) in [6.45, 7) is 0. The third-order valence-corrected chi connectivity index (χ3v) is 0.556. The number of hydrogen-bond acceptors (Lipinski definition) is 0. The van der Waals surface area contributed by atoms with Crippen molar-refractivity contribution in [1.82, 2.24) is 0 Å². The minimum Gasteiger partial charge on any atom is -2.00 e. The third-order valence-electron chi connectivity index (χ3n) is 0.556. The van der Waals surface area contributed by atoms with E-state index in [1.165, 1.54) is 0 Å². The van der Waals surface area contributed by atoms with Gasteiger partial charge >= 0.3 is 21.7 Å². The Bertz CT molecular complexity index is 66.9. The molecule has 0 radical (unpaired) electrons. The van der Waals surface area contributed by atoms with Gasteiger partial charge in [-0.3, -0.25) is 0 Å². The first-order valence-electron chi connectivity index (χ1n) is 1.67. The van der Waals surface area contributed by atoms with E-state index < -0.39 is 0 Å². The van der Waals surface area contributed by atoms with Crippen LogP contribution in [0.15, 0.2) is 30.3 Å². The summed E-state index contributed by atoms with van der Waals surface area (Å²) in [5.74, 6) is 0. The van der Waals surface area contributed by atoms with E-state index >= 15 is 0 Å². The van der Waals surface area contributed by atoms with Crippen LogP contribution in [0.1, 0.15) is 0 Å². The van der Waals surface area contributed by atoms with Crippen LogP contribution in [0.3, 0.4) is 0 Å². The van der Waals surface area contributed by atoms with Gasteiger partial charge < -0.3 is 11.0 Å². The molecule has 0 saturated carbocycles. The van der Waals surface area contributed by atoms with Crippen LogP contribution >= 0.6 is 0 Å². The second-order valence-electron chi connectivity index (χ2n) is 0.962. The first-order valence-corrected chi connectivity index (χ1v) is 1.67. The predicted octanol–water partition coefficient (Wildman–Crippen LogP) is 1.17. The molecule has 0 aliphatic rings. The minimum absolute atomic E-state index is 0. The van der Waals surface area contributed by atoms with Crippen molar-refractivity contribution in [3.05, 3.63) is 30.3 Å². The Kier molecular flexibility index (Phi) is 19.7. The molecule has 0 aromatic heterocycles. The van der Waals surface area contributed by atoms with Gasteiger partial charge in [0.2, 0.25) is 0 Å². The quantitative estimate of drug-likeness (QED) is 0.388. The molecule has 0 fully saturated rings. The van der Waals surface area contributed by atoms with Crippen LogP contribution < -0.4 is 0 Å². The molecule has 0 N–H and O–H groups in total. The van der Waals surface area contributed by atoms with Crippen LogP contribution in [-0.4, -0.2) is 0 Å². The third kappa shape index (κ3) is 5.98. The van der Waals surface area contributed by atoms with Gasteiger partial charge in [-0.05, 0) is 0 Å². The van der Waals surface area contributed by atoms with Gasteiger partial charge in [-0.1, -0.05) is 0 Å². The number of hydrogen-bond donors (Lipinski definition) is 0. The first kappa shape index (κ1) is 15.7. The maximum Gasteiger partial charge on any atom is 4.00 e. The Balaban J connectivity index is -0.0000000833. The van der Waals surface area contributed by atoms with E-state index in [1.807, 2.05) is 30.3 Å². The summed E-state index contributed by atoms with van der Waals surface area (Å²) in [6, 6.07) is 10.0. The van der Waals surface area contributed by atoms with Crippen LogP contribution in [0.2, 0.25) is 0 Å². The Hall–Kier alpha value is -0.0157. The molecular formula is C5H5O2Ti-. The van der Waals surface area contributed by atoms with Crippen LogP contribution in [0, 0.1) is 0 Å². The molecule has 0 unspecified atom stereocenters. The zero-order valence-corrected chi connectivity index (χ0v) is 5.76. The van der Waals surface area contributed by atoms with Gasteiger partial charge in [0.1, 0.15) is 0 Å². The molecule has 0 heterocycles. The van der Waals surface area contributed by atoms with Gasteiger partial charge in [-0.2, -0.15) is 18.2 Å². The number of rotatable bonds is 0. The summed E-state index contributed by atoms with van der Waals surface area (Å²) in [5, 5.41) is 0. The Morgan fingerprint density at radius 2 is 1.25 bits per heavy atom. The first-order chi connectivity index (χ1) is 2.50. The molecule has 0 aliphatic heterocycles. The molecule has 2 nitrogen and oxygen atoms in total. The fourth-order valence-corrected chi connectivity index (χ4v) is 0.321. The fraction of sp³-hybridized carbons (Fsp3) is 0. The Morgan fingerprint density at radius 1 is 0.875 bits per heavy atom. The van der Waals surface area contributed by atoms with Gasteiger partial charge in [-0.25, -0.2) is 12.1 Å².